The van der Waals surface area contributed by atoms with E-state index in [-0.39, 0.29) is 13.0 Å². The van der Waals surface area contributed by atoms with Gasteiger partial charge >= 0.3 is 11.9 Å². The van der Waals surface area contributed by atoms with E-state index in [2.05, 4.69) is 25.9 Å². The number of hydrogen-bond acceptors (Lipinski definition) is 7. The molecule has 0 aliphatic heterocycles. The summed E-state index contributed by atoms with van der Waals surface area (Å²) in [6.45, 7) is 1.30. The summed E-state index contributed by atoms with van der Waals surface area (Å²) in [5.41, 5.74) is 1.96. The molecule has 2 aromatic carbocycles. The first-order valence-corrected chi connectivity index (χ1v) is 10.4. The quantitative estimate of drug-likeness (QED) is 0.438. The van der Waals surface area contributed by atoms with E-state index in [0.29, 0.717) is 28.6 Å². The van der Waals surface area contributed by atoms with Gasteiger partial charge in [-0.2, -0.15) is 0 Å². The van der Waals surface area contributed by atoms with Gasteiger partial charge in [0.2, 0.25) is 6.10 Å². The Morgan fingerprint density at radius 1 is 1.12 bits per heavy atom. The van der Waals surface area contributed by atoms with Crippen LogP contribution in [0.25, 0.3) is 11.4 Å². The third kappa shape index (κ3) is 6.04. The number of carboxylic acid groups (broad SMARTS) is 1. The maximum absolute atomic E-state index is 11.5. The van der Waals surface area contributed by atoms with Gasteiger partial charge in [0.05, 0.1) is 18.4 Å². The first-order valence-electron chi connectivity index (χ1n) is 9.64. The summed E-state index contributed by atoms with van der Waals surface area (Å²) in [4.78, 5) is 31.6. The summed E-state index contributed by atoms with van der Waals surface area (Å²) in [5.74, 6) is -0.279. The minimum absolute atomic E-state index is 0.0417. The Morgan fingerprint density at radius 2 is 1.91 bits per heavy atom. The van der Waals surface area contributed by atoms with E-state index in [0.717, 1.165) is 10.0 Å². The highest BCUT2D eigenvalue weighted by Crippen LogP contribution is 2.28. The van der Waals surface area contributed by atoms with Gasteiger partial charge in [-0.15, -0.1) is 0 Å². The second-order valence-electron chi connectivity index (χ2n) is 6.75. The fourth-order valence-corrected chi connectivity index (χ4v) is 3.42. The highest BCUT2D eigenvalue weighted by Gasteiger charge is 2.23. The van der Waals surface area contributed by atoms with Gasteiger partial charge in [0, 0.05) is 24.0 Å². The molecule has 0 radical (unpaired) electrons. The van der Waals surface area contributed by atoms with Crippen molar-refractivity contribution >= 4 is 27.9 Å². The summed E-state index contributed by atoms with van der Waals surface area (Å²) in [6.07, 6.45) is 0.275. The summed E-state index contributed by atoms with van der Waals surface area (Å²) in [6, 6.07) is 14.4. The number of carbonyl (C=O) groups excluding carboxylic acids is 1. The molecule has 0 aliphatic carbocycles. The van der Waals surface area contributed by atoms with E-state index < -0.39 is 18.0 Å². The largest absolute Gasteiger partial charge is 0.496 e. The lowest BCUT2D eigenvalue weighted by atomic mass is 10.1. The number of esters is 1. The standard InChI is InChI=1S/C23H21BrN2O6/c1-14(27)32-21(23(28)29)12-15-11-16(24)7-8-19(15)31-13-17-9-10-25-22(26-17)18-5-3-4-6-20(18)30-2/h3-11,21H,12-13H2,1-2H3,(H,28,29). The molecular formula is C23H21BrN2O6. The predicted octanol–water partition coefficient (Wildman–Crippen LogP) is 4.05. The van der Waals surface area contributed by atoms with Crippen LogP contribution in [0, 0.1) is 0 Å². The van der Waals surface area contributed by atoms with Crippen LogP contribution in [0.5, 0.6) is 11.5 Å². The minimum Gasteiger partial charge on any atom is -0.496 e. The molecule has 1 atom stereocenters. The van der Waals surface area contributed by atoms with Gasteiger partial charge < -0.3 is 19.3 Å². The van der Waals surface area contributed by atoms with Crippen molar-refractivity contribution in [3.63, 3.8) is 0 Å². The summed E-state index contributed by atoms with van der Waals surface area (Å²) < 4.78 is 17.0. The summed E-state index contributed by atoms with van der Waals surface area (Å²) in [5, 5.41) is 9.38. The van der Waals surface area contributed by atoms with Crippen LogP contribution in [0.3, 0.4) is 0 Å². The number of benzene rings is 2. The molecule has 3 aromatic rings. The Bertz CT molecular complexity index is 1120. The number of halogens is 1. The molecule has 0 bridgehead atoms. The molecule has 8 nitrogen and oxygen atoms in total. The lowest BCUT2D eigenvalue weighted by molar-refractivity contribution is -0.162. The molecule has 32 heavy (non-hydrogen) atoms. The zero-order chi connectivity index (χ0) is 23.1. The number of carboxylic acids is 1. The van der Waals surface area contributed by atoms with Crippen LogP contribution in [-0.4, -0.2) is 40.2 Å². The number of ether oxygens (including phenoxy) is 3. The Hall–Kier alpha value is -3.46. The molecule has 0 saturated carbocycles. The lowest BCUT2D eigenvalue weighted by Gasteiger charge is -2.16. The summed E-state index contributed by atoms with van der Waals surface area (Å²) >= 11 is 3.38. The second kappa shape index (κ2) is 10.7. The van der Waals surface area contributed by atoms with E-state index in [9.17, 15) is 14.7 Å². The Balaban J connectivity index is 1.80. The lowest BCUT2D eigenvalue weighted by Crippen LogP contribution is -2.28. The molecule has 1 aromatic heterocycles. The molecule has 0 amide bonds. The normalized spacial score (nSPS) is 11.5. The number of aliphatic carboxylic acids is 1. The van der Waals surface area contributed by atoms with Crippen LogP contribution < -0.4 is 9.47 Å². The van der Waals surface area contributed by atoms with Gasteiger partial charge in [0.25, 0.3) is 0 Å². The van der Waals surface area contributed by atoms with E-state index >= 15 is 0 Å². The maximum atomic E-state index is 11.5. The fraction of sp³-hybridized carbons (Fsp3) is 0.217. The van der Waals surface area contributed by atoms with E-state index in [1.54, 1.807) is 37.6 Å². The van der Waals surface area contributed by atoms with Crippen LogP contribution >= 0.6 is 15.9 Å². The molecule has 0 spiro atoms. The minimum atomic E-state index is -1.32. The maximum Gasteiger partial charge on any atom is 0.345 e. The van der Waals surface area contributed by atoms with Gasteiger partial charge in [0.1, 0.15) is 18.1 Å². The molecular weight excluding hydrogens is 480 g/mol. The van der Waals surface area contributed by atoms with Crippen molar-refractivity contribution in [2.75, 3.05) is 7.11 Å². The van der Waals surface area contributed by atoms with Crippen molar-refractivity contribution in [2.24, 2.45) is 0 Å². The molecule has 166 valence electrons. The van der Waals surface area contributed by atoms with Gasteiger partial charge in [-0.25, -0.2) is 14.8 Å². The second-order valence-corrected chi connectivity index (χ2v) is 7.67. The molecule has 1 unspecified atom stereocenters. The Kier molecular flexibility index (Phi) is 7.77. The molecule has 1 N–H and O–H groups in total. The van der Waals surface area contributed by atoms with Crippen molar-refractivity contribution in [1.82, 2.24) is 9.97 Å². The number of methoxy groups -OCH3 is 1. The zero-order valence-corrected chi connectivity index (χ0v) is 19.0. The van der Waals surface area contributed by atoms with E-state index in [1.807, 2.05) is 24.3 Å². The third-order valence-electron chi connectivity index (χ3n) is 4.45. The summed E-state index contributed by atoms with van der Waals surface area (Å²) in [7, 11) is 1.58. The van der Waals surface area contributed by atoms with Crippen molar-refractivity contribution in [3.8, 4) is 22.9 Å². The average Bonchev–Trinajstić information content (AvgIpc) is 2.78. The van der Waals surface area contributed by atoms with Crippen molar-refractivity contribution in [3.05, 3.63) is 70.5 Å². The van der Waals surface area contributed by atoms with Gasteiger partial charge in [-0.3, -0.25) is 4.79 Å². The fourth-order valence-electron chi connectivity index (χ4n) is 3.02. The van der Waals surface area contributed by atoms with E-state index in [4.69, 9.17) is 14.2 Å². The van der Waals surface area contributed by atoms with Crippen molar-refractivity contribution in [1.29, 1.82) is 0 Å². The zero-order valence-electron chi connectivity index (χ0n) is 17.4. The van der Waals surface area contributed by atoms with Crippen molar-refractivity contribution < 1.29 is 28.9 Å². The highest BCUT2D eigenvalue weighted by molar-refractivity contribution is 9.10. The van der Waals surface area contributed by atoms with Crippen LogP contribution in [0.1, 0.15) is 18.2 Å². The molecule has 1 heterocycles. The van der Waals surface area contributed by atoms with Gasteiger partial charge in [-0.1, -0.05) is 28.1 Å². The van der Waals surface area contributed by atoms with Crippen LogP contribution in [-0.2, 0) is 27.4 Å². The monoisotopic (exact) mass is 500 g/mol. The van der Waals surface area contributed by atoms with Crippen LogP contribution in [0.15, 0.2) is 59.2 Å². The first kappa shape index (κ1) is 23.2. The first-order chi connectivity index (χ1) is 15.4. The van der Waals surface area contributed by atoms with Gasteiger partial charge in [0.15, 0.2) is 5.82 Å². The number of aromatic nitrogens is 2. The predicted molar refractivity (Wildman–Crippen MR) is 119 cm³/mol. The third-order valence-corrected chi connectivity index (χ3v) is 4.94. The SMILES string of the molecule is COc1ccccc1-c1nccc(COc2ccc(Br)cc2CC(OC(C)=O)C(=O)O)n1. The number of hydrogen-bond donors (Lipinski definition) is 1. The smallest absolute Gasteiger partial charge is 0.345 e. The molecule has 3 rings (SSSR count). The molecule has 9 heteroatoms. The number of nitrogens with zero attached hydrogens (tertiary/aromatic N) is 2. The van der Waals surface area contributed by atoms with Crippen LogP contribution in [0.4, 0.5) is 0 Å². The van der Waals surface area contributed by atoms with Crippen molar-refractivity contribution in [2.45, 2.75) is 26.1 Å². The average molecular weight is 501 g/mol. The number of carbonyl (C=O) groups is 2. The number of rotatable bonds is 9. The highest BCUT2D eigenvalue weighted by atomic mass is 79.9. The Labute approximate surface area is 193 Å². The molecule has 0 aliphatic rings. The molecule has 0 fully saturated rings. The number of para-hydroxylation sites is 1. The van der Waals surface area contributed by atoms with Gasteiger partial charge in [-0.05, 0) is 42.0 Å². The topological polar surface area (TPSA) is 108 Å². The van der Waals surface area contributed by atoms with Crippen LogP contribution in [0.2, 0.25) is 0 Å². The van der Waals surface area contributed by atoms with E-state index in [1.165, 1.54) is 6.92 Å². The molecule has 0 saturated heterocycles. The Morgan fingerprint density at radius 3 is 2.62 bits per heavy atom.